The number of hydrazine groups is 1. The first-order valence-electron chi connectivity index (χ1n) is 5.47. The number of allylic oxidation sites excluding steroid dienone is 2. The molecular formula is C11H15F3N2. The zero-order valence-electron chi connectivity index (χ0n) is 8.93. The molecule has 5 heteroatoms. The minimum absolute atomic E-state index is 0.0382. The Balaban J connectivity index is 2.14. The van der Waals surface area contributed by atoms with E-state index in [4.69, 9.17) is 0 Å². The molecule has 0 aromatic rings. The number of hydrogen-bond donors (Lipinski definition) is 1. The van der Waals surface area contributed by atoms with Crippen LogP contribution in [0.4, 0.5) is 13.2 Å². The number of alkyl halides is 3. The van der Waals surface area contributed by atoms with Crippen LogP contribution in [0.5, 0.6) is 0 Å². The van der Waals surface area contributed by atoms with Gasteiger partial charge in [0, 0.05) is 13.1 Å². The zero-order valence-corrected chi connectivity index (χ0v) is 8.93. The molecule has 1 saturated heterocycles. The van der Waals surface area contributed by atoms with Crippen molar-refractivity contribution in [1.29, 1.82) is 0 Å². The lowest BCUT2D eigenvalue weighted by molar-refractivity contribution is -0.194. The number of nitrogens with one attached hydrogen (secondary N) is 1. The van der Waals surface area contributed by atoms with E-state index in [2.05, 4.69) is 5.43 Å². The summed E-state index contributed by atoms with van der Waals surface area (Å²) in [7, 11) is 0. The fourth-order valence-corrected chi connectivity index (χ4v) is 2.09. The standard InChI is InChI=1S/C11H15F3N2/c12-11(13,14)10(6-2-1-3-7-10)15-16-8-4-5-9-16/h1-3,6,15H,4-5,7-9H2. The van der Waals surface area contributed by atoms with Gasteiger partial charge in [0.25, 0.3) is 0 Å². The maximum atomic E-state index is 13.1. The van der Waals surface area contributed by atoms with Gasteiger partial charge in [0.05, 0.1) is 0 Å². The van der Waals surface area contributed by atoms with Gasteiger partial charge in [-0.15, -0.1) is 0 Å². The SMILES string of the molecule is FC(F)(F)C1(NN2CCCC2)C=CC=CC1. The first kappa shape index (κ1) is 11.7. The smallest absolute Gasteiger partial charge is 0.243 e. The maximum Gasteiger partial charge on any atom is 0.411 e. The third-order valence-corrected chi connectivity index (χ3v) is 3.04. The van der Waals surface area contributed by atoms with E-state index < -0.39 is 11.7 Å². The Kier molecular flexibility index (Phi) is 3.08. The minimum atomic E-state index is -4.27. The largest absolute Gasteiger partial charge is 0.411 e. The summed E-state index contributed by atoms with van der Waals surface area (Å²) in [5, 5.41) is 1.68. The molecule has 1 unspecified atom stereocenters. The average molecular weight is 232 g/mol. The zero-order chi connectivity index (χ0) is 11.6. The molecule has 2 nitrogen and oxygen atoms in total. The summed E-state index contributed by atoms with van der Waals surface area (Å²) >= 11 is 0. The molecule has 2 aliphatic rings. The molecule has 1 fully saturated rings. The Morgan fingerprint density at radius 3 is 2.31 bits per heavy atom. The number of rotatable bonds is 2. The predicted octanol–water partition coefficient (Wildman–Crippen LogP) is 2.40. The highest BCUT2D eigenvalue weighted by molar-refractivity contribution is 5.23. The molecule has 1 heterocycles. The molecule has 0 spiro atoms. The average Bonchev–Trinajstić information content (AvgIpc) is 2.70. The van der Waals surface area contributed by atoms with E-state index in [1.807, 2.05) is 0 Å². The van der Waals surface area contributed by atoms with Gasteiger partial charge in [0.15, 0.2) is 5.54 Å². The van der Waals surface area contributed by atoms with Crippen LogP contribution in [0.3, 0.4) is 0 Å². The van der Waals surface area contributed by atoms with Gasteiger partial charge in [-0.1, -0.05) is 24.3 Å². The van der Waals surface area contributed by atoms with E-state index in [1.165, 1.54) is 12.2 Å². The van der Waals surface area contributed by atoms with Gasteiger partial charge >= 0.3 is 6.18 Å². The summed E-state index contributed by atoms with van der Waals surface area (Å²) in [6.07, 6.45) is 3.49. The highest BCUT2D eigenvalue weighted by Gasteiger charge is 2.53. The summed E-state index contributed by atoms with van der Waals surface area (Å²) in [4.78, 5) is 0. The van der Waals surface area contributed by atoms with Crippen molar-refractivity contribution in [3.63, 3.8) is 0 Å². The molecule has 0 aromatic heterocycles. The molecule has 0 bridgehead atoms. The fraction of sp³-hybridized carbons (Fsp3) is 0.636. The van der Waals surface area contributed by atoms with Gasteiger partial charge in [-0.2, -0.15) is 13.2 Å². The van der Waals surface area contributed by atoms with Crippen molar-refractivity contribution in [3.8, 4) is 0 Å². The Bertz CT molecular complexity index is 303. The van der Waals surface area contributed by atoms with E-state index in [0.717, 1.165) is 12.8 Å². The molecule has 16 heavy (non-hydrogen) atoms. The van der Waals surface area contributed by atoms with E-state index in [-0.39, 0.29) is 6.42 Å². The molecule has 0 amide bonds. The van der Waals surface area contributed by atoms with Crippen LogP contribution in [0.2, 0.25) is 0 Å². The van der Waals surface area contributed by atoms with Crippen LogP contribution in [0.1, 0.15) is 19.3 Å². The quantitative estimate of drug-likeness (QED) is 0.786. The molecule has 90 valence electrons. The summed E-state index contributed by atoms with van der Waals surface area (Å²) < 4.78 is 39.2. The summed E-state index contributed by atoms with van der Waals surface area (Å²) in [6, 6.07) is 0. The number of halogens is 3. The van der Waals surface area contributed by atoms with E-state index in [1.54, 1.807) is 17.2 Å². The maximum absolute atomic E-state index is 13.1. The summed E-state index contributed by atoms with van der Waals surface area (Å²) in [5.74, 6) is 0. The van der Waals surface area contributed by atoms with Gasteiger partial charge in [0.1, 0.15) is 0 Å². The third kappa shape index (κ3) is 2.15. The van der Waals surface area contributed by atoms with Crippen LogP contribution in [-0.2, 0) is 0 Å². The van der Waals surface area contributed by atoms with Crippen molar-refractivity contribution in [3.05, 3.63) is 24.3 Å². The van der Waals surface area contributed by atoms with Crippen LogP contribution >= 0.6 is 0 Å². The Morgan fingerprint density at radius 2 is 1.81 bits per heavy atom. The number of hydrogen-bond acceptors (Lipinski definition) is 2. The normalized spacial score (nSPS) is 31.2. The highest BCUT2D eigenvalue weighted by Crippen LogP contribution is 2.37. The van der Waals surface area contributed by atoms with E-state index >= 15 is 0 Å². The molecule has 0 radical (unpaired) electrons. The minimum Gasteiger partial charge on any atom is -0.243 e. The van der Waals surface area contributed by atoms with Crippen LogP contribution < -0.4 is 5.43 Å². The first-order chi connectivity index (χ1) is 7.54. The van der Waals surface area contributed by atoms with Crippen molar-refractivity contribution >= 4 is 0 Å². The lowest BCUT2D eigenvalue weighted by atomic mass is 9.91. The van der Waals surface area contributed by atoms with Gasteiger partial charge in [-0.3, -0.25) is 0 Å². The monoisotopic (exact) mass is 232 g/mol. The topological polar surface area (TPSA) is 15.3 Å². The van der Waals surface area contributed by atoms with Crippen molar-refractivity contribution in [2.45, 2.75) is 31.0 Å². The van der Waals surface area contributed by atoms with Crippen molar-refractivity contribution in [1.82, 2.24) is 10.4 Å². The lowest BCUT2D eigenvalue weighted by Crippen LogP contribution is -2.60. The van der Waals surface area contributed by atoms with Crippen molar-refractivity contribution < 1.29 is 13.2 Å². The molecule has 0 aromatic carbocycles. The first-order valence-corrected chi connectivity index (χ1v) is 5.47. The number of nitrogens with zero attached hydrogens (tertiary/aromatic N) is 1. The molecular weight excluding hydrogens is 217 g/mol. The van der Waals surface area contributed by atoms with Gasteiger partial charge in [-0.05, 0) is 19.3 Å². The van der Waals surface area contributed by atoms with Crippen molar-refractivity contribution in [2.75, 3.05) is 13.1 Å². The van der Waals surface area contributed by atoms with Crippen molar-refractivity contribution in [2.24, 2.45) is 0 Å². The second-order valence-corrected chi connectivity index (χ2v) is 4.27. The molecule has 1 aliphatic heterocycles. The summed E-state index contributed by atoms with van der Waals surface area (Å²) in [5.41, 5.74) is 0.731. The third-order valence-electron chi connectivity index (χ3n) is 3.04. The molecule has 2 rings (SSSR count). The van der Waals surface area contributed by atoms with Crippen LogP contribution in [0, 0.1) is 0 Å². The lowest BCUT2D eigenvalue weighted by Gasteiger charge is -2.37. The van der Waals surface area contributed by atoms with Gasteiger partial charge < -0.3 is 0 Å². The van der Waals surface area contributed by atoms with Crippen LogP contribution in [-0.4, -0.2) is 29.8 Å². The van der Waals surface area contributed by atoms with Gasteiger partial charge in [-0.25, -0.2) is 10.4 Å². The predicted molar refractivity (Wildman–Crippen MR) is 55.6 cm³/mol. The molecule has 1 aliphatic carbocycles. The summed E-state index contributed by atoms with van der Waals surface area (Å²) in [6.45, 7) is 1.38. The second kappa shape index (κ2) is 4.22. The molecule has 1 N–H and O–H groups in total. The Morgan fingerprint density at radius 1 is 1.12 bits per heavy atom. The van der Waals surface area contributed by atoms with E-state index in [0.29, 0.717) is 13.1 Å². The van der Waals surface area contributed by atoms with Crippen LogP contribution in [0.25, 0.3) is 0 Å². The second-order valence-electron chi connectivity index (χ2n) is 4.27. The molecule has 1 atom stereocenters. The van der Waals surface area contributed by atoms with Crippen LogP contribution in [0.15, 0.2) is 24.3 Å². The Hall–Kier alpha value is -0.810. The Labute approximate surface area is 92.8 Å². The highest BCUT2D eigenvalue weighted by atomic mass is 19.4. The molecule has 0 saturated carbocycles. The fourth-order valence-electron chi connectivity index (χ4n) is 2.09. The van der Waals surface area contributed by atoms with E-state index in [9.17, 15) is 13.2 Å². The van der Waals surface area contributed by atoms with Gasteiger partial charge in [0.2, 0.25) is 0 Å².